The fraction of sp³-hybridized carbons (Fsp3) is 0.600. The first-order chi connectivity index (χ1) is 8.44. The third-order valence-corrected chi connectivity index (χ3v) is 1.87. The molecule has 102 valence electrons. The third-order valence-electron chi connectivity index (χ3n) is 1.87. The standard InChI is InChI=1S/C10H15F3N4O/c1-3-14-7-4-8(15-6-10(11,12)13)17-9(16-7)5-18-2/h4H,3,5-6H2,1-2H3,(H2,14,15,16,17). The summed E-state index contributed by atoms with van der Waals surface area (Å²) in [6.07, 6.45) is -4.29. The van der Waals surface area contributed by atoms with Gasteiger partial charge in [0.2, 0.25) is 0 Å². The number of hydrogen-bond donors (Lipinski definition) is 2. The normalized spacial score (nSPS) is 11.4. The van der Waals surface area contributed by atoms with Crippen LogP contribution in [0.3, 0.4) is 0 Å². The molecule has 0 aliphatic heterocycles. The lowest BCUT2D eigenvalue weighted by atomic mass is 10.4. The predicted molar refractivity (Wildman–Crippen MR) is 61.5 cm³/mol. The molecule has 0 saturated carbocycles. The van der Waals surface area contributed by atoms with Crippen molar-refractivity contribution in [3.05, 3.63) is 11.9 Å². The zero-order chi connectivity index (χ0) is 13.6. The van der Waals surface area contributed by atoms with Gasteiger partial charge in [0.15, 0.2) is 5.82 Å². The first-order valence-corrected chi connectivity index (χ1v) is 5.36. The average molecular weight is 264 g/mol. The number of nitrogens with zero attached hydrogens (tertiary/aromatic N) is 2. The lowest BCUT2D eigenvalue weighted by molar-refractivity contribution is -0.115. The van der Waals surface area contributed by atoms with Gasteiger partial charge in [-0.1, -0.05) is 0 Å². The zero-order valence-electron chi connectivity index (χ0n) is 10.1. The summed E-state index contributed by atoms with van der Waals surface area (Å²) in [5, 5.41) is 5.13. The summed E-state index contributed by atoms with van der Waals surface area (Å²) in [6.45, 7) is 1.48. The Bertz CT molecular complexity index is 360. The van der Waals surface area contributed by atoms with Crippen LogP contribution < -0.4 is 10.6 Å². The lowest BCUT2D eigenvalue weighted by Gasteiger charge is -2.11. The zero-order valence-corrected chi connectivity index (χ0v) is 10.1. The highest BCUT2D eigenvalue weighted by Crippen LogP contribution is 2.17. The minimum Gasteiger partial charge on any atom is -0.377 e. The van der Waals surface area contributed by atoms with Crippen LogP contribution in [0.4, 0.5) is 24.8 Å². The van der Waals surface area contributed by atoms with Crippen LogP contribution in [0.5, 0.6) is 0 Å². The van der Waals surface area contributed by atoms with E-state index in [9.17, 15) is 13.2 Å². The molecule has 18 heavy (non-hydrogen) atoms. The molecule has 0 fully saturated rings. The Labute approximate surface area is 103 Å². The summed E-state index contributed by atoms with van der Waals surface area (Å²) >= 11 is 0. The molecule has 0 spiro atoms. The van der Waals surface area contributed by atoms with E-state index < -0.39 is 12.7 Å². The van der Waals surface area contributed by atoms with Crippen LogP contribution in [0.1, 0.15) is 12.7 Å². The van der Waals surface area contributed by atoms with Crippen molar-refractivity contribution in [2.75, 3.05) is 30.8 Å². The Hall–Kier alpha value is -1.57. The largest absolute Gasteiger partial charge is 0.405 e. The van der Waals surface area contributed by atoms with E-state index in [1.54, 1.807) is 0 Å². The number of methoxy groups -OCH3 is 1. The fourth-order valence-electron chi connectivity index (χ4n) is 1.24. The molecular formula is C10H15F3N4O. The molecule has 1 aromatic heterocycles. The van der Waals surface area contributed by atoms with Crippen molar-refractivity contribution >= 4 is 11.6 Å². The van der Waals surface area contributed by atoms with Gasteiger partial charge in [0.25, 0.3) is 0 Å². The maximum atomic E-state index is 12.1. The van der Waals surface area contributed by atoms with Crippen molar-refractivity contribution in [3.63, 3.8) is 0 Å². The highest BCUT2D eigenvalue weighted by atomic mass is 19.4. The maximum absolute atomic E-state index is 12.1. The molecule has 0 saturated heterocycles. The summed E-state index contributed by atoms with van der Waals surface area (Å²) < 4.78 is 41.1. The Morgan fingerprint density at radius 3 is 2.33 bits per heavy atom. The average Bonchev–Trinajstić information content (AvgIpc) is 2.26. The maximum Gasteiger partial charge on any atom is 0.405 e. The van der Waals surface area contributed by atoms with E-state index in [1.165, 1.54) is 13.2 Å². The van der Waals surface area contributed by atoms with E-state index in [1.807, 2.05) is 6.92 Å². The Morgan fingerprint density at radius 1 is 1.22 bits per heavy atom. The van der Waals surface area contributed by atoms with Crippen LogP contribution in [0.15, 0.2) is 6.07 Å². The fourth-order valence-corrected chi connectivity index (χ4v) is 1.24. The van der Waals surface area contributed by atoms with Crippen molar-refractivity contribution in [1.82, 2.24) is 9.97 Å². The number of nitrogens with one attached hydrogen (secondary N) is 2. The number of rotatable bonds is 6. The molecule has 8 heteroatoms. The van der Waals surface area contributed by atoms with Crippen molar-refractivity contribution in [2.45, 2.75) is 19.7 Å². The van der Waals surface area contributed by atoms with E-state index >= 15 is 0 Å². The smallest absolute Gasteiger partial charge is 0.377 e. The van der Waals surface area contributed by atoms with Crippen molar-refractivity contribution in [1.29, 1.82) is 0 Å². The first-order valence-electron chi connectivity index (χ1n) is 5.36. The second-order valence-corrected chi connectivity index (χ2v) is 3.49. The predicted octanol–water partition coefficient (Wildman–Crippen LogP) is 2.03. The summed E-state index contributed by atoms with van der Waals surface area (Å²) in [4.78, 5) is 8.01. The third kappa shape index (κ3) is 5.17. The van der Waals surface area contributed by atoms with E-state index in [0.29, 0.717) is 18.2 Å². The van der Waals surface area contributed by atoms with Crippen molar-refractivity contribution < 1.29 is 17.9 Å². The van der Waals surface area contributed by atoms with Crippen LogP contribution in [0.25, 0.3) is 0 Å². The molecule has 1 aromatic rings. The van der Waals surface area contributed by atoms with Gasteiger partial charge in [0, 0.05) is 19.7 Å². The van der Waals surface area contributed by atoms with Crippen molar-refractivity contribution in [2.24, 2.45) is 0 Å². The molecule has 0 aromatic carbocycles. The molecule has 0 aliphatic carbocycles. The Kier molecular flexibility index (Phi) is 5.14. The van der Waals surface area contributed by atoms with Gasteiger partial charge in [0.1, 0.15) is 24.8 Å². The monoisotopic (exact) mass is 264 g/mol. The van der Waals surface area contributed by atoms with Crippen LogP contribution >= 0.6 is 0 Å². The lowest BCUT2D eigenvalue weighted by Crippen LogP contribution is -2.22. The van der Waals surface area contributed by atoms with Crippen LogP contribution in [0, 0.1) is 0 Å². The van der Waals surface area contributed by atoms with Gasteiger partial charge < -0.3 is 15.4 Å². The number of alkyl halides is 3. The van der Waals surface area contributed by atoms with Gasteiger partial charge >= 0.3 is 6.18 Å². The van der Waals surface area contributed by atoms with Gasteiger partial charge in [-0.15, -0.1) is 0 Å². The van der Waals surface area contributed by atoms with Crippen molar-refractivity contribution in [3.8, 4) is 0 Å². The second-order valence-electron chi connectivity index (χ2n) is 3.49. The highest BCUT2D eigenvalue weighted by molar-refractivity contribution is 5.47. The van der Waals surface area contributed by atoms with Gasteiger partial charge in [-0.3, -0.25) is 0 Å². The minimum atomic E-state index is -4.29. The molecular weight excluding hydrogens is 249 g/mol. The Balaban J connectivity index is 2.81. The van der Waals surface area contributed by atoms with Crippen LogP contribution in [-0.4, -0.2) is 36.3 Å². The first kappa shape index (κ1) is 14.5. The molecule has 0 aliphatic rings. The number of anilines is 2. The van der Waals surface area contributed by atoms with Gasteiger partial charge in [0.05, 0.1) is 0 Å². The molecule has 0 bridgehead atoms. The van der Waals surface area contributed by atoms with E-state index in [0.717, 1.165) is 0 Å². The van der Waals surface area contributed by atoms with E-state index in [4.69, 9.17) is 4.74 Å². The summed E-state index contributed by atoms with van der Waals surface area (Å²) in [7, 11) is 1.46. The number of halogens is 3. The topological polar surface area (TPSA) is 59.1 Å². The molecule has 0 amide bonds. The molecule has 2 N–H and O–H groups in total. The Morgan fingerprint density at radius 2 is 1.83 bits per heavy atom. The van der Waals surface area contributed by atoms with E-state index in [2.05, 4.69) is 20.6 Å². The number of aromatic nitrogens is 2. The molecule has 5 nitrogen and oxygen atoms in total. The second kappa shape index (κ2) is 6.39. The summed E-state index contributed by atoms with van der Waals surface area (Å²) in [6, 6.07) is 1.42. The van der Waals surface area contributed by atoms with E-state index in [-0.39, 0.29) is 12.4 Å². The molecule has 0 radical (unpaired) electrons. The van der Waals surface area contributed by atoms with Gasteiger partial charge in [-0.05, 0) is 6.92 Å². The molecule has 1 rings (SSSR count). The van der Waals surface area contributed by atoms with Crippen LogP contribution in [0.2, 0.25) is 0 Å². The van der Waals surface area contributed by atoms with Gasteiger partial charge in [-0.2, -0.15) is 13.2 Å². The van der Waals surface area contributed by atoms with Gasteiger partial charge in [-0.25, -0.2) is 9.97 Å². The molecule has 0 atom stereocenters. The van der Waals surface area contributed by atoms with Crippen LogP contribution in [-0.2, 0) is 11.3 Å². The molecule has 1 heterocycles. The number of ether oxygens (including phenoxy) is 1. The molecule has 0 unspecified atom stereocenters. The highest BCUT2D eigenvalue weighted by Gasteiger charge is 2.26. The minimum absolute atomic E-state index is 0.116. The SMILES string of the molecule is CCNc1cc(NCC(F)(F)F)nc(COC)n1. The number of hydrogen-bond acceptors (Lipinski definition) is 5. The quantitative estimate of drug-likeness (QED) is 0.823. The summed E-state index contributed by atoms with van der Waals surface area (Å²) in [5.74, 6) is 0.898. The summed E-state index contributed by atoms with van der Waals surface area (Å²) in [5.41, 5.74) is 0.